The molecule has 3 nitrogen and oxygen atoms in total. The first-order valence-corrected chi connectivity index (χ1v) is 8.17. The fourth-order valence-corrected chi connectivity index (χ4v) is 4.72. The third-order valence-corrected chi connectivity index (χ3v) is 5.54. The Kier molecular flexibility index (Phi) is 3.85. The highest BCUT2D eigenvalue weighted by Gasteiger charge is 2.54. The fourth-order valence-electron chi connectivity index (χ4n) is 4.72. The van der Waals surface area contributed by atoms with Crippen LogP contribution in [-0.4, -0.2) is 29.5 Å². The Morgan fingerprint density at radius 1 is 1.24 bits per heavy atom. The highest BCUT2D eigenvalue weighted by atomic mass is 16.5. The molecule has 0 spiro atoms. The smallest absolute Gasteiger partial charge is 0.0805 e. The van der Waals surface area contributed by atoms with Gasteiger partial charge in [-0.1, -0.05) is 24.3 Å². The van der Waals surface area contributed by atoms with Crippen LogP contribution in [-0.2, 0) is 16.6 Å². The number of rotatable bonds is 2. The van der Waals surface area contributed by atoms with Gasteiger partial charge in [0, 0.05) is 24.8 Å². The largest absolute Gasteiger partial charge is 0.389 e. The van der Waals surface area contributed by atoms with Gasteiger partial charge in [-0.05, 0) is 44.2 Å². The normalized spacial score (nSPS) is 39.8. The minimum Gasteiger partial charge on any atom is -0.389 e. The highest BCUT2D eigenvalue weighted by molar-refractivity contribution is 5.40. The number of ether oxygens (including phenoxy) is 1. The zero-order valence-corrected chi connectivity index (χ0v) is 13.1. The molecule has 3 rings (SSSR count). The number of aryl methyl sites for hydroxylation is 1. The Morgan fingerprint density at radius 3 is 2.57 bits per heavy atom. The number of aliphatic hydroxyl groups is 1. The van der Waals surface area contributed by atoms with Crippen molar-refractivity contribution in [3.05, 3.63) is 35.4 Å². The second-order valence-corrected chi connectivity index (χ2v) is 6.99. The topological polar surface area (TPSA) is 55.5 Å². The van der Waals surface area contributed by atoms with E-state index in [1.165, 1.54) is 11.1 Å². The van der Waals surface area contributed by atoms with Crippen LogP contribution in [0.15, 0.2) is 24.3 Å². The maximum Gasteiger partial charge on any atom is 0.0805 e. The third-order valence-electron chi connectivity index (χ3n) is 5.54. The summed E-state index contributed by atoms with van der Waals surface area (Å²) in [5, 5.41) is 11.6. The van der Waals surface area contributed by atoms with Crippen LogP contribution in [0.25, 0.3) is 0 Å². The summed E-state index contributed by atoms with van der Waals surface area (Å²) < 4.78 is 5.85. The SMILES string of the molecule is CC1CC(O)(C2(CN)CCCc3ccccc32)CC(C)O1. The summed E-state index contributed by atoms with van der Waals surface area (Å²) in [5.41, 5.74) is 7.79. The molecule has 1 fully saturated rings. The molecule has 0 bridgehead atoms. The van der Waals surface area contributed by atoms with Crippen molar-refractivity contribution < 1.29 is 9.84 Å². The lowest BCUT2D eigenvalue weighted by Gasteiger charge is -2.54. The second-order valence-electron chi connectivity index (χ2n) is 6.99. The summed E-state index contributed by atoms with van der Waals surface area (Å²) >= 11 is 0. The van der Waals surface area contributed by atoms with Gasteiger partial charge in [0.15, 0.2) is 0 Å². The number of fused-ring (bicyclic) bond motifs is 1. The average Bonchev–Trinajstić information content (AvgIpc) is 2.45. The predicted molar refractivity (Wildman–Crippen MR) is 84.3 cm³/mol. The summed E-state index contributed by atoms with van der Waals surface area (Å²) in [7, 11) is 0. The quantitative estimate of drug-likeness (QED) is 0.879. The van der Waals surface area contributed by atoms with E-state index in [1.54, 1.807) is 0 Å². The first kappa shape index (κ1) is 15.0. The second kappa shape index (κ2) is 5.38. The van der Waals surface area contributed by atoms with E-state index in [9.17, 15) is 5.11 Å². The highest BCUT2D eigenvalue weighted by Crippen LogP contribution is 2.50. The van der Waals surface area contributed by atoms with Crippen molar-refractivity contribution in [3.63, 3.8) is 0 Å². The van der Waals surface area contributed by atoms with Crippen molar-refractivity contribution in [2.45, 2.75) is 69.2 Å². The Balaban J connectivity index is 2.09. The number of benzene rings is 1. The molecule has 1 aliphatic heterocycles. The van der Waals surface area contributed by atoms with Gasteiger partial charge >= 0.3 is 0 Å². The van der Waals surface area contributed by atoms with Gasteiger partial charge in [0.2, 0.25) is 0 Å². The minimum absolute atomic E-state index is 0.0799. The molecule has 1 aromatic carbocycles. The van der Waals surface area contributed by atoms with E-state index < -0.39 is 5.60 Å². The Morgan fingerprint density at radius 2 is 1.90 bits per heavy atom. The summed E-state index contributed by atoms with van der Waals surface area (Å²) in [5.74, 6) is 0. The van der Waals surface area contributed by atoms with Crippen LogP contribution in [0.1, 0.15) is 50.7 Å². The van der Waals surface area contributed by atoms with E-state index in [4.69, 9.17) is 10.5 Å². The summed E-state index contributed by atoms with van der Waals surface area (Å²) in [6, 6.07) is 8.52. The lowest BCUT2D eigenvalue weighted by atomic mass is 9.57. The van der Waals surface area contributed by atoms with Crippen molar-refractivity contribution in [1.82, 2.24) is 0 Å². The molecule has 1 aliphatic carbocycles. The van der Waals surface area contributed by atoms with E-state index in [1.807, 2.05) is 0 Å². The van der Waals surface area contributed by atoms with Crippen molar-refractivity contribution in [2.75, 3.05) is 6.54 Å². The maximum absolute atomic E-state index is 11.6. The molecule has 0 radical (unpaired) electrons. The molecule has 116 valence electrons. The van der Waals surface area contributed by atoms with Gasteiger partial charge < -0.3 is 15.6 Å². The maximum atomic E-state index is 11.6. The van der Waals surface area contributed by atoms with Gasteiger partial charge in [0.05, 0.1) is 17.8 Å². The third kappa shape index (κ3) is 2.32. The van der Waals surface area contributed by atoms with E-state index in [-0.39, 0.29) is 17.6 Å². The Bertz CT molecular complexity index is 506. The molecule has 2 aliphatic rings. The molecular formula is C18H27NO2. The Labute approximate surface area is 127 Å². The molecule has 0 saturated carbocycles. The number of hydrogen-bond acceptors (Lipinski definition) is 3. The molecule has 21 heavy (non-hydrogen) atoms. The van der Waals surface area contributed by atoms with Gasteiger partial charge in [-0.25, -0.2) is 0 Å². The summed E-state index contributed by atoms with van der Waals surface area (Å²) in [6.07, 6.45) is 4.66. The van der Waals surface area contributed by atoms with Crippen LogP contribution in [0.4, 0.5) is 0 Å². The predicted octanol–water partition coefficient (Wildman–Crippen LogP) is 2.54. The van der Waals surface area contributed by atoms with Crippen LogP contribution in [0.2, 0.25) is 0 Å². The van der Waals surface area contributed by atoms with Crippen molar-refractivity contribution in [1.29, 1.82) is 0 Å². The molecule has 3 atom stereocenters. The van der Waals surface area contributed by atoms with Crippen molar-refractivity contribution in [3.8, 4) is 0 Å². The standard InChI is InChI=1S/C18H27NO2/c1-13-10-18(20,11-14(2)21-13)17(12-19)9-5-7-15-6-3-4-8-16(15)17/h3-4,6,8,13-14,20H,5,7,9-12,19H2,1-2H3. The summed E-state index contributed by atoms with van der Waals surface area (Å²) in [4.78, 5) is 0. The Hall–Kier alpha value is -0.900. The van der Waals surface area contributed by atoms with Gasteiger partial charge in [0.25, 0.3) is 0 Å². The van der Waals surface area contributed by atoms with Crippen LogP contribution in [0.5, 0.6) is 0 Å². The monoisotopic (exact) mass is 289 g/mol. The molecule has 3 unspecified atom stereocenters. The van der Waals surface area contributed by atoms with Crippen molar-refractivity contribution in [2.24, 2.45) is 5.73 Å². The minimum atomic E-state index is -0.768. The lowest BCUT2D eigenvalue weighted by Crippen LogP contribution is -2.61. The molecule has 0 aromatic heterocycles. The molecule has 1 heterocycles. The zero-order chi connectivity index (χ0) is 15.1. The van der Waals surface area contributed by atoms with Gasteiger partial charge in [-0.2, -0.15) is 0 Å². The van der Waals surface area contributed by atoms with Gasteiger partial charge in [0.1, 0.15) is 0 Å². The number of nitrogens with two attached hydrogens (primary N) is 1. The molecule has 3 heteroatoms. The van der Waals surface area contributed by atoms with Crippen LogP contribution in [0, 0.1) is 0 Å². The first-order chi connectivity index (χ1) is 10.0. The number of hydrogen-bond donors (Lipinski definition) is 2. The summed E-state index contributed by atoms with van der Waals surface area (Å²) in [6.45, 7) is 4.61. The van der Waals surface area contributed by atoms with E-state index in [2.05, 4.69) is 38.1 Å². The van der Waals surface area contributed by atoms with Crippen LogP contribution < -0.4 is 5.73 Å². The van der Waals surface area contributed by atoms with E-state index in [0.29, 0.717) is 19.4 Å². The molecule has 3 N–H and O–H groups in total. The van der Waals surface area contributed by atoms with Gasteiger partial charge in [-0.3, -0.25) is 0 Å². The first-order valence-electron chi connectivity index (χ1n) is 8.17. The lowest BCUT2D eigenvalue weighted by molar-refractivity contribution is -0.166. The fraction of sp³-hybridized carbons (Fsp3) is 0.667. The van der Waals surface area contributed by atoms with Gasteiger partial charge in [-0.15, -0.1) is 0 Å². The molecule has 1 saturated heterocycles. The van der Waals surface area contributed by atoms with Crippen molar-refractivity contribution >= 4 is 0 Å². The van der Waals surface area contributed by atoms with Crippen LogP contribution >= 0.6 is 0 Å². The van der Waals surface area contributed by atoms with E-state index in [0.717, 1.165) is 19.3 Å². The zero-order valence-electron chi connectivity index (χ0n) is 13.1. The van der Waals surface area contributed by atoms with Crippen LogP contribution in [0.3, 0.4) is 0 Å². The molecule has 0 amide bonds. The average molecular weight is 289 g/mol. The molecule has 1 aromatic rings. The molecular weight excluding hydrogens is 262 g/mol. The van der Waals surface area contributed by atoms with E-state index >= 15 is 0 Å².